The molecule has 6 heteroatoms. The van der Waals surface area contributed by atoms with Crippen LogP contribution in [0.5, 0.6) is 0 Å². The summed E-state index contributed by atoms with van der Waals surface area (Å²) in [6.45, 7) is 2.49. The zero-order valence-electron chi connectivity index (χ0n) is 10.6. The number of ether oxygens (including phenoxy) is 1. The second-order valence-corrected chi connectivity index (χ2v) is 5.64. The van der Waals surface area contributed by atoms with Gasteiger partial charge >= 0.3 is 0 Å². The first kappa shape index (κ1) is 14.3. The zero-order chi connectivity index (χ0) is 14.0. The third-order valence-electron chi connectivity index (χ3n) is 3.48. The van der Waals surface area contributed by atoms with Gasteiger partial charge in [0.15, 0.2) is 0 Å². The van der Waals surface area contributed by atoms with Gasteiger partial charge in [-0.15, -0.1) is 0 Å². The fourth-order valence-electron chi connectivity index (χ4n) is 2.01. The van der Waals surface area contributed by atoms with Crippen molar-refractivity contribution in [2.24, 2.45) is 0 Å². The number of hydrogen-bond donors (Lipinski definition) is 3. The number of halogens is 1. The number of anilines is 1. The number of carbonyl (C=O) groups excluding carboxylic acids is 1. The summed E-state index contributed by atoms with van der Waals surface area (Å²) in [5, 5.41) is 13.0. The second-order valence-electron chi connectivity index (χ2n) is 4.79. The molecule has 0 aliphatic carbocycles. The van der Waals surface area contributed by atoms with Crippen molar-refractivity contribution >= 4 is 27.5 Å². The van der Waals surface area contributed by atoms with Gasteiger partial charge in [-0.05, 0) is 41.1 Å². The van der Waals surface area contributed by atoms with E-state index in [4.69, 9.17) is 10.5 Å². The van der Waals surface area contributed by atoms with Gasteiger partial charge in [0, 0.05) is 35.3 Å². The first-order valence-corrected chi connectivity index (χ1v) is 6.89. The molecule has 0 spiro atoms. The highest BCUT2D eigenvalue weighted by atomic mass is 79.9. The Morgan fingerprint density at radius 3 is 3.00 bits per heavy atom. The summed E-state index contributed by atoms with van der Waals surface area (Å²) in [6.07, 6.45) is 0.255. The molecule has 2 rings (SSSR count). The molecule has 19 heavy (non-hydrogen) atoms. The first-order valence-electron chi connectivity index (χ1n) is 6.09. The molecule has 1 heterocycles. The van der Waals surface area contributed by atoms with Crippen LogP contribution < -0.4 is 11.1 Å². The molecule has 2 unspecified atom stereocenters. The van der Waals surface area contributed by atoms with Gasteiger partial charge in [0.1, 0.15) is 5.60 Å². The van der Waals surface area contributed by atoms with E-state index in [-0.39, 0.29) is 18.6 Å². The number of rotatable bonds is 3. The van der Waals surface area contributed by atoms with Gasteiger partial charge in [-0.25, -0.2) is 0 Å². The Kier molecular flexibility index (Phi) is 4.13. The lowest BCUT2D eigenvalue weighted by Gasteiger charge is -2.26. The van der Waals surface area contributed by atoms with Crippen molar-refractivity contribution in [3.63, 3.8) is 0 Å². The molecule has 1 fully saturated rings. The van der Waals surface area contributed by atoms with Gasteiger partial charge in [-0.3, -0.25) is 4.79 Å². The number of nitrogens with one attached hydrogen (secondary N) is 1. The van der Waals surface area contributed by atoms with E-state index in [1.807, 2.05) is 0 Å². The van der Waals surface area contributed by atoms with Crippen molar-refractivity contribution in [2.45, 2.75) is 25.0 Å². The molecule has 104 valence electrons. The lowest BCUT2D eigenvalue weighted by atomic mass is 9.96. The van der Waals surface area contributed by atoms with E-state index < -0.39 is 5.60 Å². The van der Waals surface area contributed by atoms with Crippen LogP contribution in [0.3, 0.4) is 0 Å². The lowest BCUT2D eigenvalue weighted by molar-refractivity contribution is -0.0251. The molecule has 1 aliphatic rings. The summed E-state index contributed by atoms with van der Waals surface area (Å²) in [5.74, 6) is -0.242. The molecule has 0 saturated carbocycles. The largest absolute Gasteiger partial charge is 0.398 e. The molecule has 2 atom stereocenters. The van der Waals surface area contributed by atoms with Crippen LogP contribution >= 0.6 is 15.9 Å². The molecule has 1 aromatic rings. The Morgan fingerprint density at radius 2 is 2.42 bits per heavy atom. The van der Waals surface area contributed by atoms with Crippen LogP contribution in [-0.2, 0) is 4.74 Å². The van der Waals surface area contributed by atoms with Crippen LogP contribution in [-0.4, -0.2) is 35.9 Å². The zero-order valence-corrected chi connectivity index (χ0v) is 12.2. The van der Waals surface area contributed by atoms with E-state index in [2.05, 4.69) is 21.2 Å². The number of benzene rings is 1. The normalized spacial score (nSPS) is 26.4. The quantitative estimate of drug-likeness (QED) is 0.730. The molecule has 1 aliphatic heterocycles. The summed E-state index contributed by atoms with van der Waals surface area (Å²) in [6, 6.07) is 4.96. The van der Waals surface area contributed by atoms with Crippen molar-refractivity contribution in [1.82, 2.24) is 5.32 Å². The number of nitrogen functional groups attached to an aromatic ring is 1. The maximum Gasteiger partial charge on any atom is 0.251 e. The van der Waals surface area contributed by atoms with Crippen LogP contribution in [0.1, 0.15) is 23.7 Å². The van der Waals surface area contributed by atoms with E-state index in [0.717, 1.165) is 0 Å². The van der Waals surface area contributed by atoms with Gasteiger partial charge in [0.25, 0.3) is 5.91 Å². The predicted octanol–water partition coefficient (Wildman–Crippen LogP) is 1.30. The van der Waals surface area contributed by atoms with Crippen molar-refractivity contribution in [2.75, 3.05) is 18.9 Å². The summed E-state index contributed by atoms with van der Waals surface area (Å²) in [5.41, 5.74) is 5.75. The monoisotopic (exact) mass is 328 g/mol. The van der Waals surface area contributed by atoms with Gasteiger partial charge in [-0.1, -0.05) is 0 Å². The number of hydrogen-bond acceptors (Lipinski definition) is 4. The van der Waals surface area contributed by atoms with Crippen LogP contribution in [0.4, 0.5) is 5.69 Å². The van der Waals surface area contributed by atoms with E-state index >= 15 is 0 Å². The van der Waals surface area contributed by atoms with Crippen LogP contribution in [0, 0.1) is 0 Å². The summed E-state index contributed by atoms with van der Waals surface area (Å²) in [4.78, 5) is 12.0. The summed E-state index contributed by atoms with van der Waals surface area (Å²) < 4.78 is 5.99. The molecule has 0 bridgehead atoms. The highest BCUT2D eigenvalue weighted by Crippen LogP contribution is 2.25. The molecule has 4 N–H and O–H groups in total. The highest BCUT2D eigenvalue weighted by molar-refractivity contribution is 9.10. The van der Waals surface area contributed by atoms with Gasteiger partial charge in [0.05, 0.1) is 6.10 Å². The van der Waals surface area contributed by atoms with Crippen LogP contribution in [0.25, 0.3) is 0 Å². The van der Waals surface area contributed by atoms with Crippen molar-refractivity contribution in [1.29, 1.82) is 0 Å². The fraction of sp³-hybridized carbons (Fsp3) is 0.462. The molecule has 1 amide bonds. The average molecular weight is 329 g/mol. The number of carbonyl (C=O) groups is 1. The number of amides is 1. The number of aliphatic hydroxyl groups is 1. The topological polar surface area (TPSA) is 84.6 Å². The highest BCUT2D eigenvalue weighted by Gasteiger charge is 2.39. The van der Waals surface area contributed by atoms with E-state index in [9.17, 15) is 9.90 Å². The standard InChI is InChI=1S/C13H17BrN2O3/c1-8-13(18,4-5-19-8)7-16-12(17)9-2-3-11(15)10(14)6-9/h2-3,6,8,18H,4-5,7,15H2,1H3,(H,16,17). The van der Waals surface area contributed by atoms with Crippen LogP contribution in [0.2, 0.25) is 0 Å². The second kappa shape index (κ2) is 5.48. The molecule has 5 nitrogen and oxygen atoms in total. The van der Waals surface area contributed by atoms with E-state index in [1.54, 1.807) is 25.1 Å². The Labute approximate surface area is 120 Å². The first-order chi connectivity index (χ1) is 8.92. The smallest absolute Gasteiger partial charge is 0.251 e. The fourth-order valence-corrected chi connectivity index (χ4v) is 2.39. The maximum absolute atomic E-state index is 12.0. The average Bonchev–Trinajstić information content (AvgIpc) is 2.71. The third-order valence-corrected chi connectivity index (χ3v) is 4.16. The number of nitrogens with two attached hydrogens (primary N) is 1. The Hall–Kier alpha value is -1.11. The van der Waals surface area contributed by atoms with Crippen molar-refractivity contribution in [3.8, 4) is 0 Å². The maximum atomic E-state index is 12.0. The van der Waals surface area contributed by atoms with Crippen molar-refractivity contribution < 1.29 is 14.6 Å². The predicted molar refractivity (Wildman–Crippen MR) is 75.9 cm³/mol. The van der Waals surface area contributed by atoms with Crippen LogP contribution in [0.15, 0.2) is 22.7 Å². The van der Waals surface area contributed by atoms with Gasteiger partial charge < -0.3 is 20.9 Å². The molecular weight excluding hydrogens is 312 g/mol. The van der Waals surface area contributed by atoms with Gasteiger partial charge in [-0.2, -0.15) is 0 Å². The molecule has 1 saturated heterocycles. The Bertz CT molecular complexity index is 495. The molecule has 0 radical (unpaired) electrons. The van der Waals surface area contributed by atoms with E-state index in [0.29, 0.717) is 28.8 Å². The lowest BCUT2D eigenvalue weighted by Crippen LogP contribution is -2.47. The molecular formula is C13H17BrN2O3. The minimum atomic E-state index is -0.985. The molecule has 1 aromatic carbocycles. The summed E-state index contributed by atoms with van der Waals surface area (Å²) >= 11 is 3.28. The SMILES string of the molecule is CC1OCCC1(O)CNC(=O)c1ccc(N)c(Br)c1. The summed E-state index contributed by atoms with van der Waals surface area (Å²) in [7, 11) is 0. The third kappa shape index (κ3) is 3.08. The van der Waals surface area contributed by atoms with Crippen molar-refractivity contribution in [3.05, 3.63) is 28.2 Å². The Morgan fingerprint density at radius 1 is 1.68 bits per heavy atom. The minimum absolute atomic E-state index is 0.176. The molecule has 0 aromatic heterocycles. The van der Waals surface area contributed by atoms with Gasteiger partial charge in [0.2, 0.25) is 0 Å². The Balaban J connectivity index is 1.99. The van der Waals surface area contributed by atoms with E-state index in [1.165, 1.54) is 0 Å². The minimum Gasteiger partial charge on any atom is -0.398 e.